The predicted molar refractivity (Wildman–Crippen MR) is 103 cm³/mol. The van der Waals surface area contributed by atoms with Gasteiger partial charge in [-0.05, 0) is 49.4 Å². The van der Waals surface area contributed by atoms with Gasteiger partial charge in [0.25, 0.3) is 15.9 Å². The maximum atomic E-state index is 13.1. The average molecular weight is 427 g/mol. The molecule has 9 nitrogen and oxygen atoms in total. The molecular weight excluding hydrogens is 413 g/mol. The highest BCUT2D eigenvalue weighted by atomic mass is 32.2. The van der Waals surface area contributed by atoms with Gasteiger partial charge in [-0.1, -0.05) is 6.07 Å². The van der Waals surface area contributed by atoms with Crippen molar-refractivity contribution in [3.8, 4) is 17.1 Å². The zero-order valence-electron chi connectivity index (χ0n) is 15.5. The molecule has 1 N–H and O–H groups in total. The number of benzene rings is 2. The first-order valence-electron chi connectivity index (χ1n) is 8.59. The van der Waals surface area contributed by atoms with Crippen molar-refractivity contribution >= 4 is 15.9 Å². The molecule has 0 spiro atoms. The second-order valence-corrected chi connectivity index (χ2v) is 7.92. The highest BCUT2D eigenvalue weighted by molar-refractivity contribution is 7.90. The number of nitrogens with zero attached hydrogens (tertiary/aromatic N) is 4. The Morgan fingerprint density at radius 2 is 1.93 bits per heavy atom. The van der Waals surface area contributed by atoms with E-state index in [4.69, 9.17) is 4.42 Å². The zero-order valence-corrected chi connectivity index (χ0v) is 16.3. The molecular formula is C19H14FN5O4S. The molecule has 2 heterocycles. The number of nitrogens with one attached hydrogen (secondary N) is 1. The summed E-state index contributed by atoms with van der Waals surface area (Å²) in [6.07, 6.45) is 2.37. The summed E-state index contributed by atoms with van der Waals surface area (Å²) in [6.45, 7) is 1.61. The maximum Gasteiger partial charge on any atom is 0.268 e. The maximum absolute atomic E-state index is 13.1. The number of hydrogen-bond acceptors (Lipinski definition) is 7. The van der Waals surface area contributed by atoms with Gasteiger partial charge in [-0.2, -0.15) is 5.10 Å². The highest BCUT2D eigenvalue weighted by Crippen LogP contribution is 2.21. The molecule has 0 aliphatic rings. The van der Waals surface area contributed by atoms with Crippen LogP contribution in [-0.4, -0.2) is 34.3 Å². The van der Waals surface area contributed by atoms with Gasteiger partial charge < -0.3 is 4.42 Å². The van der Waals surface area contributed by atoms with E-state index in [9.17, 15) is 17.6 Å². The van der Waals surface area contributed by atoms with Crippen molar-refractivity contribution in [2.24, 2.45) is 0 Å². The van der Waals surface area contributed by atoms with E-state index >= 15 is 0 Å². The average Bonchev–Trinajstić information content (AvgIpc) is 3.39. The molecule has 0 radical (unpaired) electrons. The Balaban J connectivity index is 1.60. The topological polar surface area (TPSA) is 120 Å². The quantitative estimate of drug-likeness (QED) is 0.519. The van der Waals surface area contributed by atoms with Gasteiger partial charge in [0, 0.05) is 5.56 Å². The van der Waals surface area contributed by atoms with Crippen LogP contribution in [0.5, 0.6) is 0 Å². The first-order chi connectivity index (χ1) is 14.3. The van der Waals surface area contributed by atoms with Crippen molar-refractivity contribution in [2.45, 2.75) is 11.8 Å². The van der Waals surface area contributed by atoms with Gasteiger partial charge in [0.1, 0.15) is 5.82 Å². The summed E-state index contributed by atoms with van der Waals surface area (Å²) in [5.74, 6) is -1.10. The monoisotopic (exact) mass is 427 g/mol. The van der Waals surface area contributed by atoms with E-state index in [2.05, 4.69) is 15.3 Å². The van der Waals surface area contributed by atoms with E-state index in [1.807, 2.05) is 4.72 Å². The van der Waals surface area contributed by atoms with Gasteiger partial charge in [0.15, 0.2) is 0 Å². The molecule has 2 aromatic heterocycles. The summed E-state index contributed by atoms with van der Waals surface area (Å²) < 4.78 is 47.0. The molecule has 0 saturated carbocycles. The lowest BCUT2D eigenvalue weighted by Gasteiger charge is -2.08. The fourth-order valence-corrected chi connectivity index (χ4v) is 3.82. The van der Waals surface area contributed by atoms with E-state index < -0.39 is 21.7 Å². The zero-order chi connectivity index (χ0) is 21.3. The molecule has 0 aliphatic carbocycles. The van der Waals surface area contributed by atoms with Gasteiger partial charge in [0.05, 0.1) is 28.0 Å². The van der Waals surface area contributed by atoms with Crippen molar-refractivity contribution < 1.29 is 22.0 Å². The molecule has 0 bridgehead atoms. The molecule has 11 heteroatoms. The van der Waals surface area contributed by atoms with Crippen LogP contribution in [0.4, 0.5) is 4.39 Å². The fraction of sp³-hybridized carbons (Fsp3) is 0.0526. The molecule has 0 fully saturated rings. The number of rotatable bonds is 5. The first kappa shape index (κ1) is 19.5. The number of aromatic nitrogens is 4. The molecule has 30 heavy (non-hydrogen) atoms. The minimum absolute atomic E-state index is 0.0657. The lowest BCUT2D eigenvalue weighted by molar-refractivity contribution is 0.0981. The largest absolute Gasteiger partial charge is 0.423 e. The SMILES string of the molecule is Cc1c(C(=O)NS(=O)(=O)c2cccc(-c3nnco3)c2)cnn1-c1ccc(F)cc1. The van der Waals surface area contributed by atoms with Gasteiger partial charge in [0.2, 0.25) is 12.3 Å². The van der Waals surface area contributed by atoms with Crippen molar-refractivity contribution in [3.63, 3.8) is 0 Å². The number of halogens is 1. The molecule has 4 aromatic rings. The molecule has 0 aliphatic heterocycles. The summed E-state index contributed by atoms with van der Waals surface area (Å²) in [7, 11) is -4.18. The number of amides is 1. The number of hydrogen-bond donors (Lipinski definition) is 1. The molecule has 152 valence electrons. The molecule has 1 amide bonds. The third-order valence-corrected chi connectivity index (χ3v) is 5.63. The Bertz CT molecular complexity index is 1320. The fourth-order valence-electron chi connectivity index (χ4n) is 2.81. The van der Waals surface area contributed by atoms with Crippen LogP contribution in [0.1, 0.15) is 16.1 Å². The van der Waals surface area contributed by atoms with E-state index in [0.717, 1.165) is 6.39 Å². The molecule has 2 aromatic carbocycles. The van der Waals surface area contributed by atoms with Gasteiger partial charge in [-0.3, -0.25) is 4.79 Å². The summed E-state index contributed by atoms with van der Waals surface area (Å²) in [6, 6.07) is 11.3. The third kappa shape index (κ3) is 3.70. The van der Waals surface area contributed by atoms with Crippen LogP contribution in [-0.2, 0) is 10.0 Å². The minimum Gasteiger partial charge on any atom is -0.423 e. The summed E-state index contributed by atoms with van der Waals surface area (Å²) in [5, 5.41) is 11.4. The summed E-state index contributed by atoms with van der Waals surface area (Å²) >= 11 is 0. The normalized spacial score (nSPS) is 11.4. The Morgan fingerprint density at radius 3 is 2.63 bits per heavy atom. The standard InChI is InChI=1S/C19H14FN5O4S/c1-12-17(10-22-25(12)15-7-5-14(20)6-8-15)18(26)24-30(27,28)16-4-2-3-13(9-16)19-23-21-11-29-19/h2-11H,1H3,(H,24,26). The second kappa shape index (κ2) is 7.52. The van der Waals surface area contributed by atoms with Crippen LogP contribution in [0.25, 0.3) is 17.1 Å². The van der Waals surface area contributed by atoms with E-state index in [0.29, 0.717) is 16.9 Å². The van der Waals surface area contributed by atoms with Gasteiger partial charge in [-0.15, -0.1) is 10.2 Å². The molecule has 0 atom stereocenters. The lowest BCUT2D eigenvalue weighted by atomic mass is 10.2. The summed E-state index contributed by atoms with van der Waals surface area (Å²) in [4.78, 5) is 12.5. The molecule has 4 rings (SSSR count). The second-order valence-electron chi connectivity index (χ2n) is 6.24. The van der Waals surface area contributed by atoms with Crippen molar-refractivity contribution in [2.75, 3.05) is 0 Å². The molecule has 0 unspecified atom stereocenters. The van der Waals surface area contributed by atoms with Crippen molar-refractivity contribution in [1.82, 2.24) is 24.7 Å². The number of sulfonamides is 1. The third-order valence-electron chi connectivity index (χ3n) is 4.30. The van der Waals surface area contributed by atoms with Crippen LogP contribution in [0, 0.1) is 12.7 Å². The van der Waals surface area contributed by atoms with Crippen LogP contribution in [0.3, 0.4) is 0 Å². The Kier molecular flexibility index (Phi) is 4.88. The van der Waals surface area contributed by atoms with Crippen LogP contribution < -0.4 is 4.72 Å². The van der Waals surface area contributed by atoms with Crippen LogP contribution >= 0.6 is 0 Å². The Morgan fingerprint density at radius 1 is 1.17 bits per heavy atom. The predicted octanol–water partition coefficient (Wildman–Crippen LogP) is 2.49. The lowest BCUT2D eigenvalue weighted by Crippen LogP contribution is -2.30. The van der Waals surface area contributed by atoms with Crippen LogP contribution in [0.15, 0.2) is 70.4 Å². The first-order valence-corrected chi connectivity index (χ1v) is 10.1. The Hall–Kier alpha value is -3.86. The van der Waals surface area contributed by atoms with Crippen molar-refractivity contribution in [3.05, 3.63) is 78.2 Å². The minimum atomic E-state index is -4.18. The van der Waals surface area contributed by atoms with Gasteiger partial charge in [-0.25, -0.2) is 22.2 Å². The van der Waals surface area contributed by atoms with E-state index in [-0.39, 0.29) is 16.3 Å². The number of carbonyl (C=O) groups excluding carboxylic acids is 1. The van der Waals surface area contributed by atoms with Crippen LogP contribution in [0.2, 0.25) is 0 Å². The highest BCUT2D eigenvalue weighted by Gasteiger charge is 2.23. The summed E-state index contributed by atoms with van der Waals surface area (Å²) in [5.41, 5.74) is 1.39. The number of carbonyl (C=O) groups is 1. The molecule has 0 saturated heterocycles. The van der Waals surface area contributed by atoms with Crippen molar-refractivity contribution in [1.29, 1.82) is 0 Å². The van der Waals surface area contributed by atoms with E-state index in [1.54, 1.807) is 13.0 Å². The Labute approximate surface area is 170 Å². The smallest absolute Gasteiger partial charge is 0.268 e. The van der Waals surface area contributed by atoms with E-state index in [1.165, 1.54) is 53.3 Å². The van der Waals surface area contributed by atoms with Gasteiger partial charge >= 0.3 is 0 Å².